The van der Waals surface area contributed by atoms with E-state index in [0.717, 1.165) is 20.4 Å². The smallest absolute Gasteiger partial charge is 0.258 e. The van der Waals surface area contributed by atoms with Gasteiger partial charge in [0.25, 0.3) is 5.91 Å². The number of nitrogens with one attached hydrogen (secondary N) is 1. The van der Waals surface area contributed by atoms with Gasteiger partial charge in [0.1, 0.15) is 11.5 Å². The second kappa shape index (κ2) is 8.05. The van der Waals surface area contributed by atoms with Crippen LogP contribution in [0.15, 0.2) is 41.8 Å². The number of nitrogens with zero attached hydrogens (tertiary/aromatic N) is 1. The molecule has 1 amide bonds. The highest BCUT2D eigenvalue weighted by Crippen LogP contribution is 2.35. The first-order valence-corrected chi connectivity index (χ1v) is 9.73. The molecule has 0 aliphatic carbocycles. The maximum Gasteiger partial charge on any atom is 0.258 e. The van der Waals surface area contributed by atoms with E-state index in [4.69, 9.17) is 9.47 Å². The van der Waals surface area contributed by atoms with Crippen molar-refractivity contribution in [1.82, 2.24) is 4.98 Å². The van der Waals surface area contributed by atoms with Crippen LogP contribution in [-0.2, 0) is 0 Å². The summed E-state index contributed by atoms with van der Waals surface area (Å²) in [4.78, 5) is 17.1. The number of ether oxygens (including phenoxy) is 2. The molecular weight excluding hydrogens is 463 g/mol. The van der Waals surface area contributed by atoms with Crippen LogP contribution in [0.25, 0.3) is 11.3 Å². The summed E-state index contributed by atoms with van der Waals surface area (Å²) in [5.41, 5.74) is 3.30. The van der Waals surface area contributed by atoms with E-state index in [2.05, 4.69) is 32.9 Å². The molecule has 0 unspecified atom stereocenters. The molecule has 0 saturated heterocycles. The molecular formula is C19H17IN2O3S. The van der Waals surface area contributed by atoms with Crippen LogP contribution in [0, 0.1) is 10.5 Å². The number of hydrogen-bond acceptors (Lipinski definition) is 5. The number of rotatable bonds is 5. The predicted molar refractivity (Wildman–Crippen MR) is 113 cm³/mol. The first kappa shape index (κ1) is 18.7. The number of aromatic nitrogens is 1. The minimum atomic E-state index is -0.166. The van der Waals surface area contributed by atoms with E-state index in [-0.39, 0.29) is 5.91 Å². The standard InChI is InChI=1S/C19H17IN2O3S/c1-11-5-4-6-14(17(11)20)18(23)22-19-21-15(10-26-19)13-8-7-12(24-2)9-16(13)25-3/h4-10H,1-3H3,(H,21,22,23). The SMILES string of the molecule is COc1ccc(-c2csc(NC(=O)c3cccc(C)c3I)n2)c(OC)c1. The van der Waals surface area contributed by atoms with Gasteiger partial charge < -0.3 is 9.47 Å². The Kier molecular flexibility index (Phi) is 5.77. The summed E-state index contributed by atoms with van der Waals surface area (Å²) < 4.78 is 11.6. The van der Waals surface area contributed by atoms with Gasteiger partial charge in [0.15, 0.2) is 5.13 Å². The van der Waals surface area contributed by atoms with Crippen LogP contribution in [0.2, 0.25) is 0 Å². The Hall–Kier alpha value is -2.13. The molecule has 0 aliphatic rings. The van der Waals surface area contributed by atoms with E-state index >= 15 is 0 Å². The highest BCUT2D eigenvalue weighted by atomic mass is 127. The van der Waals surface area contributed by atoms with Crippen LogP contribution < -0.4 is 14.8 Å². The summed E-state index contributed by atoms with van der Waals surface area (Å²) in [5, 5.41) is 5.31. The third-order valence-corrected chi connectivity index (χ3v) is 6.04. The molecule has 0 bridgehead atoms. The van der Waals surface area contributed by atoms with Crippen molar-refractivity contribution in [3.05, 3.63) is 56.5 Å². The van der Waals surface area contributed by atoms with Gasteiger partial charge in [0.05, 0.1) is 25.5 Å². The summed E-state index contributed by atoms with van der Waals surface area (Å²) in [7, 11) is 3.21. The molecule has 0 fully saturated rings. The normalized spacial score (nSPS) is 10.5. The first-order valence-electron chi connectivity index (χ1n) is 7.78. The zero-order valence-corrected chi connectivity index (χ0v) is 17.5. The molecule has 26 heavy (non-hydrogen) atoms. The van der Waals surface area contributed by atoms with Crippen molar-refractivity contribution in [1.29, 1.82) is 0 Å². The van der Waals surface area contributed by atoms with Gasteiger partial charge in [0, 0.05) is 20.6 Å². The van der Waals surface area contributed by atoms with Crippen LogP contribution in [0.4, 0.5) is 5.13 Å². The van der Waals surface area contributed by atoms with Crippen LogP contribution in [0.5, 0.6) is 11.5 Å². The molecule has 3 rings (SSSR count). The monoisotopic (exact) mass is 480 g/mol. The van der Waals surface area contributed by atoms with Gasteiger partial charge in [-0.05, 0) is 53.3 Å². The molecule has 0 aliphatic heterocycles. The Morgan fingerprint density at radius 2 is 2.00 bits per heavy atom. The average Bonchev–Trinajstić information content (AvgIpc) is 3.11. The van der Waals surface area contributed by atoms with Crippen molar-refractivity contribution in [2.45, 2.75) is 6.92 Å². The lowest BCUT2D eigenvalue weighted by Gasteiger charge is -2.08. The first-order chi connectivity index (χ1) is 12.5. The van der Waals surface area contributed by atoms with Crippen molar-refractivity contribution in [3.8, 4) is 22.8 Å². The minimum Gasteiger partial charge on any atom is -0.497 e. The Morgan fingerprint density at radius 1 is 1.19 bits per heavy atom. The number of hydrogen-bond donors (Lipinski definition) is 1. The maximum absolute atomic E-state index is 12.5. The fourth-order valence-corrected chi connectivity index (χ4v) is 3.76. The van der Waals surface area contributed by atoms with Crippen molar-refractivity contribution in [3.63, 3.8) is 0 Å². The third kappa shape index (κ3) is 3.83. The van der Waals surface area contributed by atoms with Crippen molar-refractivity contribution < 1.29 is 14.3 Å². The number of anilines is 1. The summed E-state index contributed by atoms with van der Waals surface area (Å²) in [5.74, 6) is 1.21. The largest absolute Gasteiger partial charge is 0.497 e. The quantitative estimate of drug-likeness (QED) is 0.523. The van der Waals surface area contributed by atoms with Crippen molar-refractivity contribution in [2.24, 2.45) is 0 Å². The van der Waals surface area contributed by atoms with Gasteiger partial charge in [-0.3, -0.25) is 10.1 Å². The fourth-order valence-electron chi connectivity index (χ4n) is 2.45. The molecule has 0 saturated carbocycles. The molecule has 0 spiro atoms. The maximum atomic E-state index is 12.5. The minimum absolute atomic E-state index is 0.166. The van der Waals surface area contributed by atoms with Gasteiger partial charge in [0.2, 0.25) is 0 Å². The van der Waals surface area contributed by atoms with Crippen molar-refractivity contribution in [2.75, 3.05) is 19.5 Å². The number of amides is 1. The number of benzene rings is 2. The van der Waals surface area contributed by atoms with E-state index in [1.165, 1.54) is 11.3 Å². The number of halogens is 1. The van der Waals surface area contributed by atoms with E-state index in [1.807, 2.05) is 48.7 Å². The zero-order chi connectivity index (χ0) is 18.7. The molecule has 3 aromatic rings. The third-order valence-electron chi connectivity index (χ3n) is 3.85. The fraction of sp³-hybridized carbons (Fsp3) is 0.158. The van der Waals surface area contributed by atoms with Crippen LogP contribution in [0.1, 0.15) is 15.9 Å². The van der Waals surface area contributed by atoms with Gasteiger partial charge in [-0.25, -0.2) is 4.98 Å². The number of aryl methyl sites for hydroxylation is 1. The van der Waals surface area contributed by atoms with Gasteiger partial charge >= 0.3 is 0 Å². The number of thiazole rings is 1. The number of methoxy groups -OCH3 is 2. The summed E-state index contributed by atoms with van der Waals surface area (Å²) >= 11 is 3.56. The lowest BCUT2D eigenvalue weighted by atomic mass is 10.1. The van der Waals surface area contributed by atoms with E-state index < -0.39 is 0 Å². The van der Waals surface area contributed by atoms with Crippen LogP contribution in [0.3, 0.4) is 0 Å². The summed E-state index contributed by atoms with van der Waals surface area (Å²) in [6, 6.07) is 11.2. The Morgan fingerprint density at radius 3 is 2.73 bits per heavy atom. The predicted octanol–water partition coefficient (Wildman–Crippen LogP) is 4.99. The second-order valence-corrected chi connectivity index (χ2v) is 7.43. The van der Waals surface area contributed by atoms with Gasteiger partial charge in [-0.1, -0.05) is 12.1 Å². The molecule has 5 nitrogen and oxygen atoms in total. The van der Waals surface area contributed by atoms with E-state index in [9.17, 15) is 4.79 Å². The summed E-state index contributed by atoms with van der Waals surface area (Å²) in [6.45, 7) is 1.98. The van der Waals surface area contributed by atoms with Gasteiger partial charge in [-0.15, -0.1) is 11.3 Å². The molecule has 2 aromatic carbocycles. The number of carbonyl (C=O) groups is 1. The second-order valence-electron chi connectivity index (χ2n) is 5.49. The highest BCUT2D eigenvalue weighted by molar-refractivity contribution is 14.1. The van der Waals surface area contributed by atoms with Gasteiger partial charge in [-0.2, -0.15) is 0 Å². The van der Waals surface area contributed by atoms with E-state index in [0.29, 0.717) is 22.2 Å². The molecule has 7 heteroatoms. The molecule has 1 aromatic heterocycles. The molecule has 0 atom stereocenters. The molecule has 1 N–H and O–H groups in total. The lowest BCUT2D eigenvalue weighted by Crippen LogP contribution is -2.13. The zero-order valence-electron chi connectivity index (χ0n) is 14.5. The lowest BCUT2D eigenvalue weighted by molar-refractivity contribution is 0.102. The molecule has 134 valence electrons. The Labute approximate surface area is 169 Å². The Balaban J connectivity index is 1.84. The summed E-state index contributed by atoms with van der Waals surface area (Å²) in [6.07, 6.45) is 0. The van der Waals surface area contributed by atoms with Crippen LogP contribution >= 0.6 is 33.9 Å². The molecule has 1 heterocycles. The highest BCUT2D eigenvalue weighted by Gasteiger charge is 2.15. The number of carbonyl (C=O) groups excluding carboxylic acids is 1. The Bertz CT molecular complexity index is 956. The van der Waals surface area contributed by atoms with E-state index in [1.54, 1.807) is 14.2 Å². The molecule has 0 radical (unpaired) electrons. The average molecular weight is 480 g/mol. The van der Waals surface area contributed by atoms with Crippen LogP contribution in [-0.4, -0.2) is 25.1 Å². The van der Waals surface area contributed by atoms with Crippen molar-refractivity contribution >= 4 is 45.0 Å². The topological polar surface area (TPSA) is 60.5 Å².